The highest BCUT2D eigenvalue weighted by Crippen LogP contribution is 2.49. The van der Waals surface area contributed by atoms with Crippen LogP contribution in [0, 0.1) is 0 Å². The van der Waals surface area contributed by atoms with E-state index in [1.54, 1.807) is 0 Å². The molecule has 0 spiro atoms. The summed E-state index contributed by atoms with van der Waals surface area (Å²) in [5.41, 5.74) is 5.09. The van der Waals surface area contributed by atoms with E-state index < -0.39 is 24.9 Å². The summed E-state index contributed by atoms with van der Waals surface area (Å²) in [5, 5.41) is 0. The van der Waals surface area contributed by atoms with Crippen molar-refractivity contribution in [1.82, 2.24) is 0 Å². The van der Waals surface area contributed by atoms with Gasteiger partial charge in [-0.15, -0.1) is 0 Å². The molecule has 0 aromatic rings. The molecule has 0 aromatic carbocycles. The van der Waals surface area contributed by atoms with Crippen molar-refractivity contribution in [2.45, 2.75) is 5.97 Å². The maximum atomic E-state index is 11.2. The van der Waals surface area contributed by atoms with Crippen LogP contribution in [0.1, 0.15) is 0 Å². The Kier molecular flexibility index (Phi) is 5.10. The van der Waals surface area contributed by atoms with E-state index in [1.165, 1.54) is 0 Å². The van der Waals surface area contributed by atoms with E-state index in [-0.39, 0.29) is 0 Å². The predicted molar refractivity (Wildman–Crippen MR) is 41.5 cm³/mol. The number of hydrogen-bond donors (Lipinski definition) is 2. The number of hydrogen-bond acceptors (Lipinski definition) is 6. The summed E-state index contributed by atoms with van der Waals surface area (Å²) in [5.74, 6) is -1.57. The van der Waals surface area contributed by atoms with Gasteiger partial charge in [0.25, 0.3) is 0 Å². The molecule has 0 aromatic heterocycles. The molecular formula is C3H10NO6PS. The molecule has 0 aliphatic carbocycles. The first-order valence-electron chi connectivity index (χ1n) is 2.71. The van der Waals surface area contributed by atoms with Crippen molar-refractivity contribution in [3.8, 4) is 0 Å². The van der Waals surface area contributed by atoms with Gasteiger partial charge in [-0.1, -0.05) is 0 Å². The van der Waals surface area contributed by atoms with Crippen LogP contribution in [0.15, 0.2) is 0 Å². The van der Waals surface area contributed by atoms with Gasteiger partial charge in [0.2, 0.25) is 5.97 Å². The normalized spacial score (nSPS) is 17.3. The standard InChI is InChI=1S/C3H10NO6PS/c1-8-11(5,9-2)3(4)10-12(6)7/h3H,4H2,1-2H3,(H,6,7). The van der Waals surface area contributed by atoms with Crippen molar-refractivity contribution >= 4 is 19.0 Å². The Balaban J connectivity index is 4.32. The highest BCUT2D eigenvalue weighted by molar-refractivity contribution is 7.74. The van der Waals surface area contributed by atoms with Gasteiger partial charge in [-0.05, 0) is 0 Å². The second-order valence-electron chi connectivity index (χ2n) is 1.61. The Morgan fingerprint density at radius 3 is 2.17 bits per heavy atom. The van der Waals surface area contributed by atoms with Crippen molar-refractivity contribution in [3.05, 3.63) is 0 Å². The first-order valence-corrected chi connectivity index (χ1v) is 5.35. The van der Waals surface area contributed by atoms with Gasteiger partial charge in [-0.2, -0.15) is 4.21 Å². The van der Waals surface area contributed by atoms with E-state index in [4.69, 9.17) is 10.3 Å². The first-order chi connectivity index (χ1) is 5.46. The smallest absolute Gasteiger partial charge is 0.309 e. The van der Waals surface area contributed by atoms with Gasteiger partial charge in [0.05, 0.1) is 0 Å². The van der Waals surface area contributed by atoms with E-state index in [0.29, 0.717) is 0 Å². The lowest BCUT2D eigenvalue weighted by molar-refractivity contribution is 0.194. The SMILES string of the molecule is COP(=O)(OC)C(N)OS(=O)O. The summed E-state index contributed by atoms with van der Waals surface area (Å²) in [7, 11) is -1.44. The third kappa shape index (κ3) is 3.28. The first kappa shape index (κ1) is 12.2. The minimum Gasteiger partial charge on any atom is -0.309 e. The van der Waals surface area contributed by atoms with Gasteiger partial charge in [0, 0.05) is 14.2 Å². The Morgan fingerprint density at radius 1 is 1.50 bits per heavy atom. The Morgan fingerprint density at radius 2 is 1.92 bits per heavy atom. The summed E-state index contributed by atoms with van der Waals surface area (Å²) in [6, 6.07) is 0. The molecule has 0 heterocycles. The fourth-order valence-corrected chi connectivity index (χ4v) is 1.80. The second kappa shape index (κ2) is 5.03. The number of rotatable bonds is 5. The van der Waals surface area contributed by atoms with Crippen LogP contribution in [0.5, 0.6) is 0 Å². The van der Waals surface area contributed by atoms with Crippen LogP contribution in [0.2, 0.25) is 0 Å². The van der Waals surface area contributed by atoms with Gasteiger partial charge in [0.15, 0.2) is 0 Å². The molecule has 0 amide bonds. The van der Waals surface area contributed by atoms with Crippen LogP contribution in [-0.2, 0) is 29.2 Å². The predicted octanol–water partition coefficient (Wildman–Crippen LogP) is -0.132. The minimum atomic E-state index is -3.62. The molecule has 12 heavy (non-hydrogen) atoms. The van der Waals surface area contributed by atoms with Gasteiger partial charge < -0.3 is 9.05 Å². The average Bonchev–Trinajstić information content (AvgIpc) is 2.02. The van der Waals surface area contributed by atoms with Crippen LogP contribution >= 0.6 is 7.60 Å². The maximum absolute atomic E-state index is 11.2. The molecular weight excluding hydrogens is 209 g/mol. The zero-order valence-corrected chi connectivity index (χ0v) is 8.21. The molecule has 2 unspecified atom stereocenters. The lowest BCUT2D eigenvalue weighted by atomic mass is 11.4. The molecule has 3 N–H and O–H groups in total. The fourth-order valence-electron chi connectivity index (χ4n) is 0.419. The summed E-state index contributed by atoms with van der Waals surface area (Å²) < 4.78 is 42.4. The van der Waals surface area contributed by atoms with E-state index in [2.05, 4.69) is 13.2 Å². The Bertz CT molecular complexity index is 201. The number of nitrogens with two attached hydrogens (primary N) is 1. The van der Waals surface area contributed by atoms with Crippen LogP contribution in [-0.4, -0.2) is 29.0 Å². The monoisotopic (exact) mass is 219 g/mol. The molecule has 0 fully saturated rings. The molecule has 0 bridgehead atoms. The maximum Gasteiger partial charge on any atom is 0.374 e. The van der Waals surface area contributed by atoms with E-state index in [1.807, 2.05) is 0 Å². The highest BCUT2D eigenvalue weighted by atomic mass is 32.2. The summed E-state index contributed by atoms with van der Waals surface area (Å²) in [4.78, 5) is 0. The zero-order valence-electron chi connectivity index (χ0n) is 6.50. The van der Waals surface area contributed by atoms with Gasteiger partial charge in [-0.25, -0.2) is 4.18 Å². The van der Waals surface area contributed by atoms with E-state index in [0.717, 1.165) is 14.2 Å². The molecule has 9 heteroatoms. The Hall–Kier alpha value is 0.180. The van der Waals surface area contributed by atoms with Crippen molar-refractivity contribution in [2.24, 2.45) is 5.73 Å². The van der Waals surface area contributed by atoms with Gasteiger partial charge >= 0.3 is 19.0 Å². The van der Waals surface area contributed by atoms with Crippen molar-refractivity contribution in [2.75, 3.05) is 14.2 Å². The van der Waals surface area contributed by atoms with Crippen LogP contribution in [0.4, 0.5) is 0 Å². The molecule has 2 atom stereocenters. The Labute approximate surface area is 72.2 Å². The fraction of sp³-hybridized carbons (Fsp3) is 1.00. The molecule has 0 rings (SSSR count). The molecule has 0 aliphatic heterocycles. The topological polar surface area (TPSA) is 108 Å². The molecule has 7 nitrogen and oxygen atoms in total. The third-order valence-electron chi connectivity index (χ3n) is 1.00. The zero-order chi connectivity index (χ0) is 9.78. The van der Waals surface area contributed by atoms with Gasteiger partial charge in [-0.3, -0.25) is 14.9 Å². The third-order valence-corrected chi connectivity index (χ3v) is 3.26. The van der Waals surface area contributed by atoms with E-state index >= 15 is 0 Å². The average molecular weight is 219 g/mol. The van der Waals surface area contributed by atoms with Crippen molar-refractivity contribution < 1.29 is 26.6 Å². The summed E-state index contributed by atoms with van der Waals surface area (Å²) in [6.45, 7) is 0. The largest absolute Gasteiger partial charge is 0.374 e. The lowest BCUT2D eigenvalue weighted by Crippen LogP contribution is -2.26. The molecule has 74 valence electrons. The minimum absolute atomic E-state index is 1.09. The van der Waals surface area contributed by atoms with Crippen LogP contribution < -0.4 is 5.73 Å². The summed E-state index contributed by atoms with van der Waals surface area (Å²) in [6.07, 6.45) is 0. The van der Waals surface area contributed by atoms with Crippen molar-refractivity contribution in [1.29, 1.82) is 0 Å². The van der Waals surface area contributed by atoms with Gasteiger partial charge in [0.1, 0.15) is 0 Å². The van der Waals surface area contributed by atoms with Crippen LogP contribution in [0.25, 0.3) is 0 Å². The molecule has 0 aliphatic rings. The quantitative estimate of drug-likeness (QED) is 0.376. The molecule has 0 radical (unpaired) electrons. The van der Waals surface area contributed by atoms with Crippen LogP contribution in [0.3, 0.4) is 0 Å². The summed E-state index contributed by atoms with van der Waals surface area (Å²) >= 11 is -2.60. The molecule has 0 saturated heterocycles. The second-order valence-corrected chi connectivity index (χ2v) is 4.55. The molecule has 0 saturated carbocycles. The lowest BCUT2D eigenvalue weighted by Gasteiger charge is -2.18. The van der Waals surface area contributed by atoms with Crippen molar-refractivity contribution in [3.63, 3.8) is 0 Å². The van der Waals surface area contributed by atoms with E-state index in [9.17, 15) is 8.77 Å². The highest BCUT2D eigenvalue weighted by Gasteiger charge is 2.33.